The molecule has 2 aromatic heterocycles. The number of piperidine rings is 1. The average molecular weight is 908 g/mol. The van der Waals surface area contributed by atoms with Crippen LogP contribution in [0.25, 0.3) is 11.1 Å². The molecule has 3 N–H and O–H groups in total. The lowest BCUT2D eigenvalue weighted by Gasteiger charge is -2.38. The lowest BCUT2D eigenvalue weighted by molar-refractivity contribution is -0.136. The Kier molecular flexibility index (Phi) is 10.4. The first-order chi connectivity index (χ1) is 29.2. The Morgan fingerprint density at radius 2 is 1.61 bits per heavy atom. The maximum absolute atomic E-state index is 13.5. The number of hydrogen-bond acceptors (Lipinski definition) is 13. The molecule has 2 saturated heterocycles. The second-order valence-electron chi connectivity index (χ2n) is 16.2. The van der Waals surface area contributed by atoms with Crippen LogP contribution in [0.4, 0.5) is 34.5 Å². The molecule has 4 aliphatic rings. The summed E-state index contributed by atoms with van der Waals surface area (Å²) in [6.45, 7) is 6.06. The van der Waals surface area contributed by atoms with E-state index in [0.717, 1.165) is 51.2 Å². The van der Waals surface area contributed by atoms with Crippen LogP contribution >= 0.6 is 23.1 Å². The van der Waals surface area contributed by atoms with Crippen LogP contribution in [-0.2, 0) is 21.2 Å². The topological polar surface area (TPSA) is 184 Å². The number of fused-ring (bicyclic) bond motifs is 1. The van der Waals surface area contributed by atoms with E-state index in [4.69, 9.17) is 9.72 Å². The van der Waals surface area contributed by atoms with E-state index in [9.17, 15) is 23.7 Å². The summed E-state index contributed by atoms with van der Waals surface area (Å²) in [5.41, 5.74) is 6.64. The van der Waals surface area contributed by atoms with Crippen molar-refractivity contribution >= 4 is 86.5 Å². The van der Waals surface area contributed by atoms with Gasteiger partial charge in [-0.2, -0.15) is 10.1 Å². The number of nitrogens with one attached hydrogen (secondary N) is 3. The van der Waals surface area contributed by atoms with Crippen LogP contribution in [-0.4, -0.2) is 101 Å². The minimum absolute atomic E-state index is 0.0620. The van der Waals surface area contributed by atoms with Crippen LogP contribution < -0.4 is 35.8 Å². The molecule has 3 fully saturated rings. The molecular weight excluding hydrogens is 863 g/mol. The number of nitrogens with zero attached hydrogens (tertiary/aromatic N) is 7. The number of piperazine rings is 1. The van der Waals surface area contributed by atoms with Gasteiger partial charge in [0.1, 0.15) is 24.8 Å². The number of carbonyl (C=O) groups is 4. The molecular formula is C43H44BrN10O6P. The molecule has 5 heterocycles. The molecule has 18 heteroatoms. The number of carbonyl (C=O) groups excluding carboxylic acids is 4. The summed E-state index contributed by atoms with van der Waals surface area (Å²) in [6, 6.07) is 14.3. The maximum Gasteiger partial charge on any atom is 0.262 e. The van der Waals surface area contributed by atoms with Crippen molar-refractivity contribution in [1.82, 2.24) is 30.0 Å². The molecule has 5 aromatic rings. The zero-order valence-electron chi connectivity index (χ0n) is 34.1. The third-order valence-electron chi connectivity index (χ3n) is 11.6. The van der Waals surface area contributed by atoms with E-state index in [0.29, 0.717) is 59.8 Å². The van der Waals surface area contributed by atoms with Crippen molar-refractivity contribution in [3.63, 3.8) is 0 Å². The van der Waals surface area contributed by atoms with Gasteiger partial charge in [-0.25, -0.2) is 4.98 Å². The minimum Gasteiger partial charge on any atom is -0.494 e. The van der Waals surface area contributed by atoms with Crippen molar-refractivity contribution in [3.8, 4) is 16.9 Å². The molecule has 4 amide bonds. The van der Waals surface area contributed by atoms with Gasteiger partial charge >= 0.3 is 0 Å². The van der Waals surface area contributed by atoms with E-state index in [1.54, 1.807) is 43.5 Å². The summed E-state index contributed by atoms with van der Waals surface area (Å²) in [5.74, 6) is -0.170. The van der Waals surface area contributed by atoms with Gasteiger partial charge in [0.25, 0.3) is 11.8 Å². The summed E-state index contributed by atoms with van der Waals surface area (Å²) in [4.78, 5) is 65.9. The first-order valence-corrected chi connectivity index (χ1v) is 23.5. The van der Waals surface area contributed by atoms with E-state index in [-0.39, 0.29) is 24.0 Å². The third kappa shape index (κ3) is 7.87. The molecule has 0 spiro atoms. The fraction of sp³-hybridized carbons (Fsp3) is 0.326. The predicted molar refractivity (Wildman–Crippen MR) is 237 cm³/mol. The first-order valence-electron chi connectivity index (χ1n) is 20.1. The predicted octanol–water partition coefficient (Wildman–Crippen LogP) is 5.99. The molecule has 3 aromatic carbocycles. The van der Waals surface area contributed by atoms with E-state index >= 15 is 0 Å². The zero-order valence-corrected chi connectivity index (χ0v) is 36.5. The number of aromatic nitrogens is 4. The highest BCUT2D eigenvalue weighted by Gasteiger charge is 2.45. The molecule has 61 heavy (non-hydrogen) atoms. The highest BCUT2D eigenvalue weighted by molar-refractivity contribution is 9.10. The number of ether oxygens (including phenoxy) is 1. The quantitative estimate of drug-likeness (QED) is 0.104. The fourth-order valence-electron chi connectivity index (χ4n) is 8.28. The summed E-state index contributed by atoms with van der Waals surface area (Å²) in [6.07, 6.45) is 7.91. The van der Waals surface area contributed by atoms with Crippen molar-refractivity contribution in [2.75, 3.05) is 67.1 Å². The second-order valence-corrected chi connectivity index (χ2v) is 20.2. The Hall–Kier alpha value is -6.06. The van der Waals surface area contributed by atoms with Crippen molar-refractivity contribution in [2.45, 2.75) is 37.6 Å². The van der Waals surface area contributed by atoms with Crippen molar-refractivity contribution in [3.05, 3.63) is 88.3 Å². The molecule has 16 nitrogen and oxygen atoms in total. The Balaban J connectivity index is 0.954. The third-order valence-corrected chi connectivity index (χ3v) is 13.7. The molecule has 9 rings (SSSR count). The number of aryl methyl sites for hydroxylation is 1. The van der Waals surface area contributed by atoms with Crippen LogP contribution in [0.15, 0.2) is 71.6 Å². The molecule has 314 valence electrons. The van der Waals surface area contributed by atoms with Crippen molar-refractivity contribution < 1.29 is 28.5 Å². The molecule has 1 saturated carbocycles. The van der Waals surface area contributed by atoms with Gasteiger partial charge in [0.2, 0.25) is 17.8 Å². The summed E-state index contributed by atoms with van der Waals surface area (Å²) < 4.78 is 21.8. The number of imide groups is 2. The number of halogens is 1. The number of hydrogen-bond donors (Lipinski definition) is 3. The van der Waals surface area contributed by atoms with Gasteiger partial charge in [0.05, 0.1) is 40.3 Å². The molecule has 0 bridgehead atoms. The number of benzene rings is 3. The molecule has 1 unspecified atom stereocenters. The van der Waals surface area contributed by atoms with Crippen LogP contribution in [0.2, 0.25) is 0 Å². The molecule has 3 aliphatic heterocycles. The normalized spacial score (nSPS) is 18.0. The van der Waals surface area contributed by atoms with Gasteiger partial charge in [-0.1, -0.05) is 6.07 Å². The van der Waals surface area contributed by atoms with Crippen molar-refractivity contribution in [1.29, 1.82) is 0 Å². The Morgan fingerprint density at radius 1 is 0.852 bits per heavy atom. The number of amides is 4. The maximum atomic E-state index is 13.5. The summed E-state index contributed by atoms with van der Waals surface area (Å²) >= 11 is 3.60. The molecule has 1 aliphatic carbocycles. The Labute approximate surface area is 360 Å². The van der Waals surface area contributed by atoms with Gasteiger partial charge in [0.15, 0.2) is 0 Å². The van der Waals surface area contributed by atoms with Crippen molar-refractivity contribution in [2.24, 2.45) is 7.05 Å². The highest BCUT2D eigenvalue weighted by atomic mass is 79.9. The summed E-state index contributed by atoms with van der Waals surface area (Å²) in [5, 5.41) is 14.3. The lowest BCUT2D eigenvalue weighted by Crippen LogP contribution is -2.54. The van der Waals surface area contributed by atoms with Gasteiger partial charge in [0, 0.05) is 85.9 Å². The summed E-state index contributed by atoms with van der Waals surface area (Å²) in [7, 11) is 0.863. The van der Waals surface area contributed by atoms with Gasteiger partial charge in [-0.05, 0) is 96.4 Å². The number of anilines is 6. The number of methoxy groups -OCH3 is 1. The Bertz CT molecular complexity index is 2690. The largest absolute Gasteiger partial charge is 0.494 e. The van der Waals surface area contributed by atoms with E-state index < -0.39 is 36.8 Å². The minimum atomic E-state index is -2.62. The second kappa shape index (κ2) is 15.8. The standard InChI is InChI=1S/C43H44BrN10O6P/c1-51-23-26(21-46-51)29-19-33(48-43-45-22-31(44)39(50-43)47-32-10-7-25(24-5-6-24)17-37(32)61(3,4)59)36(60-2)20-35(29)53-15-13-52(14-16-53)27-8-9-28-30(18-27)42(58)54(41(28)57)34-11-12-38(55)49-40(34)56/h7-10,17-24,34H,5-6,11-16H2,1-4H3,(H,49,55,56)(H2,45,47,48,50). The fourth-order valence-corrected chi connectivity index (χ4v) is 9.74. The van der Waals surface area contributed by atoms with Gasteiger partial charge in [-0.3, -0.25) is 34.1 Å². The van der Waals surface area contributed by atoms with Crippen LogP contribution in [0.5, 0.6) is 5.75 Å². The monoisotopic (exact) mass is 906 g/mol. The highest BCUT2D eigenvalue weighted by Crippen LogP contribution is 2.45. The van der Waals surface area contributed by atoms with E-state index in [2.05, 4.69) is 63.9 Å². The molecule has 1 atom stereocenters. The molecule has 0 radical (unpaired) electrons. The van der Waals surface area contributed by atoms with Gasteiger partial charge < -0.3 is 29.7 Å². The first kappa shape index (κ1) is 40.4. The van der Waals surface area contributed by atoms with Gasteiger partial charge in [-0.15, -0.1) is 0 Å². The number of rotatable bonds is 11. The average Bonchev–Trinajstić information content (AvgIpc) is 3.96. The van der Waals surface area contributed by atoms with Crippen LogP contribution in [0.3, 0.4) is 0 Å². The SMILES string of the molecule is COc1cc(N2CCN(c3ccc4c(c3)C(=O)N(C3CCC(=O)NC3=O)C4=O)CC2)c(-c2cnn(C)c2)cc1Nc1ncc(Br)c(Nc2ccc(C3CC3)cc2P(C)(C)=O)n1. The van der Waals surface area contributed by atoms with E-state index in [1.807, 2.05) is 43.7 Å². The van der Waals surface area contributed by atoms with Crippen LogP contribution in [0, 0.1) is 0 Å². The Morgan fingerprint density at radius 3 is 2.30 bits per heavy atom. The zero-order chi connectivity index (χ0) is 42.7. The van der Waals surface area contributed by atoms with Crippen LogP contribution in [0.1, 0.15) is 57.9 Å². The lowest BCUT2D eigenvalue weighted by atomic mass is 10.0. The van der Waals surface area contributed by atoms with E-state index in [1.165, 1.54) is 5.56 Å². The smallest absolute Gasteiger partial charge is 0.262 e.